The highest BCUT2D eigenvalue weighted by Crippen LogP contribution is 2.45. The topological polar surface area (TPSA) is 95.0 Å². The van der Waals surface area contributed by atoms with E-state index in [1.165, 1.54) is 11.8 Å². The molecule has 1 N–H and O–H groups in total. The second-order valence-corrected chi connectivity index (χ2v) is 8.27. The van der Waals surface area contributed by atoms with Crippen LogP contribution in [0.2, 0.25) is 0 Å². The van der Waals surface area contributed by atoms with Crippen molar-refractivity contribution in [3.05, 3.63) is 64.6 Å². The number of carbonyl (C=O) groups excluding carboxylic acids is 3. The number of para-hydroxylation sites is 1. The Morgan fingerprint density at radius 2 is 1.80 bits per heavy atom. The highest BCUT2D eigenvalue weighted by Gasteiger charge is 2.42. The van der Waals surface area contributed by atoms with Crippen LogP contribution in [0.5, 0.6) is 0 Å². The summed E-state index contributed by atoms with van der Waals surface area (Å²) >= 11 is 6.37. The average Bonchev–Trinajstić information content (AvgIpc) is 3.14. The lowest BCUT2D eigenvalue weighted by Gasteiger charge is -2.15. The molecule has 30 heavy (non-hydrogen) atoms. The number of thiocarbonyl (C=S) groups is 1. The van der Waals surface area contributed by atoms with Gasteiger partial charge in [0.15, 0.2) is 10.1 Å². The van der Waals surface area contributed by atoms with E-state index in [1.807, 2.05) is 0 Å². The van der Waals surface area contributed by atoms with Crippen LogP contribution in [0.15, 0.2) is 53.4 Å². The number of carbonyl (C=O) groups is 4. The third-order valence-electron chi connectivity index (χ3n) is 4.72. The van der Waals surface area contributed by atoms with Gasteiger partial charge in [0.2, 0.25) is 0 Å². The molecule has 0 aliphatic carbocycles. The van der Waals surface area contributed by atoms with Gasteiger partial charge in [-0.1, -0.05) is 54.3 Å². The molecule has 2 aliphatic heterocycles. The van der Waals surface area contributed by atoms with Crippen molar-refractivity contribution in [2.75, 3.05) is 16.3 Å². The van der Waals surface area contributed by atoms with Crippen LogP contribution in [-0.2, 0) is 14.4 Å². The number of fused-ring (bicyclic) bond motifs is 1. The molecule has 0 unspecified atom stereocenters. The molecule has 0 saturated carbocycles. The predicted molar refractivity (Wildman–Crippen MR) is 117 cm³/mol. The number of carboxylic acids is 1. The van der Waals surface area contributed by atoms with Crippen molar-refractivity contribution < 1.29 is 24.3 Å². The second-order valence-electron chi connectivity index (χ2n) is 6.62. The van der Waals surface area contributed by atoms with E-state index < -0.39 is 24.3 Å². The van der Waals surface area contributed by atoms with Gasteiger partial charge in [-0.3, -0.25) is 29.0 Å². The minimum absolute atomic E-state index is 0.134. The molecule has 0 spiro atoms. The minimum atomic E-state index is -1.16. The van der Waals surface area contributed by atoms with Gasteiger partial charge in [0, 0.05) is 11.1 Å². The van der Waals surface area contributed by atoms with Gasteiger partial charge in [-0.15, -0.1) is 0 Å². The van der Waals surface area contributed by atoms with Crippen molar-refractivity contribution >= 4 is 68.8 Å². The quantitative estimate of drug-likeness (QED) is 0.445. The maximum Gasteiger partial charge on any atom is 0.323 e. The summed E-state index contributed by atoms with van der Waals surface area (Å²) in [5.41, 5.74) is 1.92. The van der Waals surface area contributed by atoms with E-state index in [4.69, 9.17) is 12.2 Å². The zero-order valence-corrected chi connectivity index (χ0v) is 17.3. The molecule has 0 bridgehead atoms. The Labute approximate surface area is 181 Å². The summed E-state index contributed by atoms with van der Waals surface area (Å²) in [6.07, 6.45) is 0. The summed E-state index contributed by atoms with van der Waals surface area (Å²) in [7, 11) is 0. The number of carboxylic acid groups (broad SMARTS) is 1. The predicted octanol–water partition coefficient (Wildman–Crippen LogP) is 3.10. The number of nitrogens with zero attached hydrogens (tertiary/aromatic N) is 2. The number of Topliss-reactive ketones (excluding diaryl/α,β-unsaturated/α-hetero) is 1. The highest BCUT2D eigenvalue weighted by molar-refractivity contribution is 8.27. The van der Waals surface area contributed by atoms with E-state index in [9.17, 15) is 24.3 Å². The third-order valence-corrected chi connectivity index (χ3v) is 6.10. The highest BCUT2D eigenvalue weighted by atomic mass is 32.2. The van der Waals surface area contributed by atoms with Crippen LogP contribution in [0.25, 0.3) is 5.57 Å². The maximum atomic E-state index is 13.3. The summed E-state index contributed by atoms with van der Waals surface area (Å²) < 4.78 is 0.227. The molecule has 1 fully saturated rings. The van der Waals surface area contributed by atoms with Gasteiger partial charge in [-0.25, -0.2) is 0 Å². The van der Waals surface area contributed by atoms with Crippen LogP contribution in [-0.4, -0.2) is 39.5 Å². The Bertz CT molecular complexity index is 1190. The molecular weight excluding hydrogens is 424 g/mol. The van der Waals surface area contributed by atoms with Crippen molar-refractivity contribution in [3.8, 4) is 0 Å². The van der Waals surface area contributed by atoms with E-state index in [0.717, 1.165) is 16.7 Å². The molecule has 2 heterocycles. The van der Waals surface area contributed by atoms with Crippen LogP contribution >= 0.6 is 24.0 Å². The number of aliphatic carboxylic acids is 1. The molecular formula is C21H14N2O5S2. The molecule has 0 radical (unpaired) electrons. The standard InChI is InChI=1S/C21H14N2O5S2/c1-11(24)12-5-4-6-13(9-12)23-20(28)18(30-21(23)29)17-14-7-2-3-8-15(14)22(19(17)27)10-16(25)26/h2-9H,10H2,1H3,(H,25,26). The zero-order chi connectivity index (χ0) is 21.6. The number of amides is 2. The van der Waals surface area contributed by atoms with E-state index in [-0.39, 0.29) is 20.6 Å². The Hall–Kier alpha value is -3.30. The molecule has 1 saturated heterocycles. The van der Waals surface area contributed by atoms with Crippen molar-refractivity contribution in [2.24, 2.45) is 0 Å². The largest absolute Gasteiger partial charge is 0.480 e. The van der Waals surface area contributed by atoms with Gasteiger partial charge in [-0.05, 0) is 25.1 Å². The summed E-state index contributed by atoms with van der Waals surface area (Å²) in [4.78, 5) is 51.8. The summed E-state index contributed by atoms with van der Waals surface area (Å²) in [6, 6.07) is 13.3. The van der Waals surface area contributed by atoms with E-state index in [0.29, 0.717) is 22.5 Å². The number of ketones is 1. The Morgan fingerprint density at radius 1 is 1.07 bits per heavy atom. The zero-order valence-electron chi connectivity index (χ0n) is 15.6. The van der Waals surface area contributed by atoms with Crippen molar-refractivity contribution in [3.63, 3.8) is 0 Å². The summed E-state index contributed by atoms with van der Waals surface area (Å²) in [6.45, 7) is 0.914. The lowest BCUT2D eigenvalue weighted by Crippen LogP contribution is -2.32. The van der Waals surface area contributed by atoms with Gasteiger partial charge in [0.05, 0.1) is 21.9 Å². The van der Waals surface area contributed by atoms with Crippen LogP contribution in [0.1, 0.15) is 22.8 Å². The first-order chi connectivity index (χ1) is 14.3. The van der Waals surface area contributed by atoms with Crippen LogP contribution in [0.3, 0.4) is 0 Å². The van der Waals surface area contributed by atoms with Crippen molar-refractivity contribution in [1.29, 1.82) is 0 Å². The number of hydrogen-bond donors (Lipinski definition) is 1. The van der Waals surface area contributed by atoms with Crippen molar-refractivity contribution in [2.45, 2.75) is 6.92 Å². The van der Waals surface area contributed by atoms with Gasteiger partial charge in [0.1, 0.15) is 6.54 Å². The second kappa shape index (κ2) is 7.51. The lowest BCUT2D eigenvalue weighted by atomic mass is 10.1. The van der Waals surface area contributed by atoms with Gasteiger partial charge in [-0.2, -0.15) is 0 Å². The summed E-state index contributed by atoms with van der Waals surface area (Å²) in [5.74, 6) is -2.35. The van der Waals surface area contributed by atoms with Crippen LogP contribution in [0, 0.1) is 0 Å². The summed E-state index contributed by atoms with van der Waals surface area (Å²) in [5, 5.41) is 9.19. The fourth-order valence-electron chi connectivity index (χ4n) is 3.40. The number of anilines is 2. The molecule has 9 heteroatoms. The first kappa shape index (κ1) is 20.0. The Kier molecular flexibility index (Phi) is 5.00. The molecule has 2 aromatic carbocycles. The van der Waals surface area contributed by atoms with Gasteiger partial charge < -0.3 is 5.11 Å². The normalized spacial score (nSPS) is 18.2. The average molecular weight is 438 g/mol. The molecule has 2 amide bonds. The van der Waals surface area contributed by atoms with Crippen molar-refractivity contribution in [1.82, 2.24) is 0 Å². The number of thioether (sulfide) groups is 1. The number of hydrogen-bond acceptors (Lipinski definition) is 6. The molecule has 150 valence electrons. The Balaban J connectivity index is 1.81. The third kappa shape index (κ3) is 3.21. The molecule has 0 aromatic heterocycles. The fraction of sp³-hybridized carbons (Fsp3) is 0.0952. The number of benzene rings is 2. The van der Waals surface area contributed by atoms with Gasteiger partial charge >= 0.3 is 5.97 Å². The molecule has 2 aliphatic rings. The minimum Gasteiger partial charge on any atom is -0.480 e. The SMILES string of the molecule is CC(=O)c1cccc(N2C(=O)C(=C3C(=O)N(CC(=O)O)c4ccccc43)SC2=S)c1. The first-order valence-electron chi connectivity index (χ1n) is 8.84. The van der Waals surface area contributed by atoms with Crippen LogP contribution < -0.4 is 9.80 Å². The molecule has 2 aromatic rings. The Morgan fingerprint density at radius 3 is 2.50 bits per heavy atom. The van der Waals surface area contributed by atoms with Gasteiger partial charge in [0.25, 0.3) is 11.8 Å². The van der Waals surface area contributed by atoms with E-state index in [1.54, 1.807) is 48.5 Å². The van der Waals surface area contributed by atoms with Crippen LogP contribution in [0.4, 0.5) is 11.4 Å². The van der Waals surface area contributed by atoms with E-state index in [2.05, 4.69) is 0 Å². The number of rotatable bonds is 4. The molecule has 4 rings (SSSR count). The fourth-order valence-corrected chi connectivity index (χ4v) is 4.77. The monoisotopic (exact) mass is 438 g/mol. The molecule has 7 nitrogen and oxygen atoms in total. The van der Waals surface area contributed by atoms with E-state index >= 15 is 0 Å². The smallest absolute Gasteiger partial charge is 0.323 e. The lowest BCUT2D eigenvalue weighted by molar-refractivity contribution is -0.136. The maximum absolute atomic E-state index is 13.3. The first-order valence-corrected chi connectivity index (χ1v) is 10.1. The molecule has 0 atom stereocenters.